The third kappa shape index (κ3) is 11.5. The number of amides is 6. The van der Waals surface area contributed by atoms with Crippen molar-refractivity contribution in [1.29, 1.82) is 0 Å². The largest absolute Gasteiger partial charge is 0.356 e. The van der Waals surface area contributed by atoms with Crippen LogP contribution in [0, 0.1) is 11.3 Å². The van der Waals surface area contributed by atoms with Gasteiger partial charge >= 0.3 is 6.03 Å². The van der Waals surface area contributed by atoms with Crippen molar-refractivity contribution in [2.24, 2.45) is 22.8 Å². The molecule has 2 aliphatic rings. The molecule has 8 N–H and O–H groups in total. The first-order valence-electron chi connectivity index (χ1n) is 18.8. The number of nitrogens with zero attached hydrogens (tertiary/aromatic N) is 2. The van der Waals surface area contributed by atoms with Gasteiger partial charge in [0, 0.05) is 45.7 Å². The minimum Gasteiger partial charge on any atom is -0.356 e. The Labute approximate surface area is 308 Å². The molecule has 13 heteroatoms. The first-order valence-corrected chi connectivity index (χ1v) is 18.8. The molecular weight excluding hydrogens is 660 g/mol. The Balaban J connectivity index is 1.49. The average molecular weight is 719 g/mol. The molecule has 2 heterocycles. The van der Waals surface area contributed by atoms with Gasteiger partial charge in [-0.15, -0.1) is 0 Å². The second-order valence-corrected chi connectivity index (χ2v) is 14.5. The van der Waals surface area contributed by atoms with Crippen LogP contribution in [-0.2, 0) is 32.1 Å². The minimum atomic E-state index is -0.996. The highest BCUT2D eigenvalue weighted by molar-refractivity contribution is 5.94. The molecular formula is C39H58N8O5. The molecule has 0 radical (unpaired) electrons. The molecule has 52 heavy (non-hydrogen) atoms. The molecule has 13 nitrogen and oxygen atoms in total. The Morgan fingerprint density at radius 3 is 2.00 bits per heavy atom. The molecule has 3 atom stereocenters. The number of rotatable bonds is 18. The van der Waals surface area contributed by atoms with Crippen molar-refractivity contribution < 1.29 is 24.0 Å². The summed E-state index contributed by atoms with van der Waals surface area (Å²) in [5, 5.41) is 11.7. The first kappa shape index (κ1) is 40.3. The molecule has 6 amide bonds. The third-order valence-electron chi connectivity index (χ3n) is 10.1. The molecule has 0 saturated carbocycles. The van der Waals surface area contributed by atoms with E-state index in [9.17, 15) is 24.0 Å². The maximum atomic E-state index is 14.1. The fourth-order valence-electron chi connectivity index (χ4n) is 7.08. The summed E-state index contributed by atoms with van der Waals surface area (Å²) in [5.41, 5.74) is 13.0. The van der Waals surface area contributed by atoms with Gasteiger partial charge in [-0.05, 0) is 68.5 Å². The Kier molecular flexibility index (Phi) is 15.4. The molecule has 4 rings (SSSR count). The molecule has 2 aromatic carbocycles. The van der Waals surface area contributed by atoms with Crippen molar-refractivity contribution in [2.45, 2.75) is 89.9 Å². The van der Waals surface area contributed by atoms with E-state index in [1.54, 1.807) is 9.80 Å². The van der Waals surface area contributed by atoms with Crippen molar-refractivity contribution in [2.75, 3.05) is 39.3 Å². The summed E-state index contributed by atoms with van der Waals surface area (Å²) in [4.78, 5) is 71.5. The van der Waals surface area contributed by atoms with E-state index in [4.69, 9.17) is 11.5 Å². The van der Waals surface area contributed by atoms with Gasteiger partial charge < -0.3 is 42.5 Å². The van der Waals surface area contributed by atoms with Crippen molar-refractivity contribution in [3.05, 3.63) is 71.8 Å². The second-order valence-electron chi connectivity index (χ2n) is 14.5. The lowest BCUT2D eigenvalue weighted by Crippen LogP contribution is -2.59. The van der Waals surface area contributed by atoms with Crippen molar-refractivity contribution in [1.82, 2.24) is 31.1 Å². The number of hydrogen-bond donors (Lipinski definition) is 6. The minimum absolute atomic E-state index is 0.0337. The van der Waals surface area contributed by atoms with Gasteiger partial charge in [-0.25, -0.2) is 4.79 Å². The van der Waals surface area contributed by atoms with E-state index in [1.165, 1.54) is 0 Å². The van der Waals surface area contributed by atoms with Crippen LogP contribution in [0.1, 0.15) is 69.9 Å². The number of urea groups is 1. The number of benzene rings is 2. The first-order chi connectivity index (χ1) is 25.0. The topological polar surface area (TPSA) is 192 Å². The van der Waals surface area contributed by atoms with Crippen LogP contribution in [0.4, 0.5) is 4.79 Å². The Bertz CT molecular complexity index is 1470. The van der Waals surface area contributed by atoms with Crippen LogP contribution in [0.15, 0.2) is 60.7 Å². The molecule has 2 aromatic rings. The van der Waals surface area contributed by atoms with Crippen molar-refractivity contribution in [3.8, 4) is 0 Å². The molecule has 284 valence electrons. The lowest BCUT2D eigenvalue weighted by atomic mass is 9.77. The third-order valence-corrected chi connectivity index (χ3v) is 10.1. The molecule has 2 aliphatic heterocycles. The highest BCUT2D eigenvalue weighted by Gasteiger charge is 2.45. The van der Waals surface area contributed by atoms with E-state index in [-0.39, 0.29) is 37.2 Å². The standard InChI is InChI=1S/C39H58N8O5/c1-28(2)25-32(34(48)43-31(15-9-10-19-40)36(50)46-22-17-39(18-23-46)16-21-42-37(39)51)44-35(49)33(26-29-11-5-3-6-12-29)45-38(52)47(24-20-41)27-30-13-7-4-8-14-30/h3-8,11-14,28,31-33H,9-10,15-27,40-41H2,1-2H3,(H,42,51)(H,43,48)(H,44,49)(H,45,52)/t31-,32-,33-/m1/s1. The zero-order valence-electron chi connectivity index (χ0n) is 30.8. The number of carbonyl (C=O) groups is 5. The Hall–Kier alpha value is -4.49. The number of carbonyl (C=O) groups excluding carboxylic acids is 5. The molecule has 0 aromatic heterocycles. The monoisotopic (exact) mass is 718 g/mol. The predicted molar refractivity (Wildman–Crippen MR) is 200 cm³/mol. The Morgan fingerprint density at radius 2 is 1.42 bits per heavy atom. The highest BCUT2D eigenvalue weighted by atomic mass is 16.2. The lowest BCUT2D eigenvalue weighted by Gasteiger charge is -2.39. The van der Waals surface area contributed by atoms with Crippen molar-refractivity contribution >= 4 is 29.7 Å². The maximum absolute atomic E-state index is 14.1. The predicted octanol–water partition coefficient (Wildman–Crippen LogP) is 2.04. The van der Waals surface area contributed by atoms with E-state index < -0.39 is 41.4 Å². The number of nitrogens with two attached hydrogens (primary N) is 2. The average Bonchev–Trinajstić information content (AvgIpc) is 3.49. The Morgan fingerprint density at radius 1 is 0.808 bits per heavy atom. The van der Waals surface area contributed by atoms with E-state index in [0.29, 0.717) is 71.2 Å². The lowest BCUT2D eigenvalue weighted by molar-refractivity contribution is -0.142. The van der Waals surface area contributed by atoms with Gasteiger partial charge in [-0.3, -0.25) is 19.2 Å². The van der Waals surface area contributed by atoms with E-state index in [0.717, 1.165) is 17.5 Å². The summed E-state index contributed by atoms with van der Waals surface area (Å²) >= 11 is 0. The quantitative estimate of drug-likeness (QED) is 0.127. The normalized spacial score (nSPS) is 16.9. The van der Waals surface area contributed by atoms with E-state index in [2.05, 4.69) is 21.3 Å². The summed E-state index contributed by atoms with van der Waals surface area (Å²) < 4.78 is 0. The second kappa shape index (κ2) is 19.9. The summed E-state index contributed by atoms with van der Waals surface area (Å²) in [6.07, 6.45) is 4.20. The van der Waals surface area contributed by atoms with Crippen molar-refractivity contribution in [3.63, 3.8) is 0 Å². The number of nitrogens with one attached hydrogen (secondary N) is 4. The fourth-order valence-corrected chi connectivity index (χ4v) is 7.08. The van der Waals surface area contributed by atoms with Gasteiger partial charge in [-0.2, -0.15) is 0 Å². The van der Waals surface area contributed by atoms with Gasteiger partial charge in [0.1, 0.15) is 18.1 Å². The van der Waals surface area contributed by atoms with Gasteiger partial charge in [-0.1, -0.05) is 74.5 Å². The molecule has 1 spiro atoms. The summed E-state index contributed by atoms with van der Waals surface area (Å²) in [7, 11) is 0. The van der Waals surface area contributed by atoms with E-state index >= 15 is 0 Å². The van der Waals surface area contributed by atoms with Gasteiger partial charge in [0.15, 0.2) is 0 Å². The van der Waals surface area contributed by atoms with Crippen LogP contribution in [0.25, 0.3) is 0 Å². The summed E-state index contributed by atoms with van der Waals surface area (Å²) in [6, 6.07) is 15.7. The maximum Gasteiger partial charge on any atom is 0.318 e. The smallest absolute Gasteiger partial charge is 0.318 e. The van der Waals surface area contributed by atoms with Gasteiger partial charge in [0.25, 0.3) is 0 Å². The number of hydrogen-bond acceptors (Lipinski definition) is 7. The number of piperidine rings is 1. The van der Waals surface area contributed by atoms with Crippen LogP contribution in [-0.4, -0.2) is 96.9 Å². The zero-order valence-corrected chi connectivity index (χ0v) is 30.8. The molecule has 2 fully saturated rings. The van der Waals surface area contributed by atoms with E-state index in [1.807, 2.05) is 74.5 Å². The van der Waals surface area contributed by atoms with Gasteiger partial charge in [0.05, 0.1) is 5.41 Å². The number of likely N-dealkylation sites (tertiary alicyclic amines) is 1. The summed E-state index contributed by atoms with van der Waals surface area (Å²) in [5.74, 6) is -1.07. The highest BCUT2D eigenvalue weighted by Crippen LogP contribution is 2.38. The van der Waals surface area contributed by atoms with Crippen LogP contribution in [0.3, 0.4) is 0 Å². The van der Waals surface area contributed by atoms with Crippen LogP contribution < -0.4 is 32.7 Å². The molecule has 0 aliphatic carbocycles. The van der Waals surface area contributed by atoms with Gasteiger partial charge in [0.2, 0.25) is 23.6 Å². The van der Waals surface area contributed by atoms with Crippen LogP contribution in [0.5, 0.6) is 0 Å². The summed E-state index contributed by atoms with van der Waals surface area (Å²) in [6.45, 7) is 6.74. The number of unbranched alkanes of at least 4 members (excludes halogenated alkanes) is 1. The SMILES string of the molecule is CC(C)C[C@@H](NC(=O)[C@@H](Cc1ccccc1)NC(=O)N(CCN)Cc1ccccc1)C(=O)N[C@H](CCCCN)C(=O)N1CCC2(CCNC2=O)CC1. The fraction of sp³-hybridized carbons (Fsp3) is 0.564. The van der Waals surface area contributed by atoms with Crippen LogP contribution >= 0.6 is 0 Å². The zero-order chi connectivity index (χ0) is 37.5. The molecule has 0 bridgehead atoms. The molecule has 0 unspecified atom stereocenters. The van der Waals surface area contributed by atoms with Crippen LogP contribution in [0.2, 0.25) is 0 Å². The molecule has 2 saturated heterocycles.